The summed E-state index contributed by atoms with van der Waals surface area (Å²) in [5.41, 5.74) is 5.43. The van der Waals surface area contributed by atoms with E-state index >= 15 is 0 Å². The second kappa shape index (κ2) is 18.3. The van der Waals surface area contributed by atoms with Crippen LogP contribution in [-0.2, 0) is 0 Å². The van der Waals surface area contributed by atoms with Gasteiger partial charge in [-0.05, 0) is 226 Å². The molecule has 0 spiro atoms. The fourth-order valence-electron chi connectivity index (χ4n) is 18.9. The molecular weight excluding hydrogens is 757 g/mol. The average molecular weight is 845 g/mol. The highest BCUT2D eigenvalue weighted by molar-refractivity contribution is 8.00. The van der Waals surface area contributed by atoms with Crippen LogP contribution < -0.4 is 0 Å². The van der Waals surface area contributed by atoms with Gasteiger partial charge in [0.1, 0.15) is 0 Å². The number of thioether (sulfide) groups is 1. The average Bonchev–Trinajstić information content (AvgIpc) is 3.88. The molecule has 7 saturated carbocycles. The van der Waals surface area contributed by atoms with Crippen LogP contribution in [0.1, 0.15) is 212 Å². The highest BCUT2D eigenvalue weighted by atomic mass is 32.2. The minimum absolute atomic E-state index is 0.800. The van der Waals surface area contributed by atoms with Gasteiger partial charge in [0, 0.05) is 52.0 Å². The number of hydrogen-bond acceptors (Lipinski definition) is 3. The highest BCUT2D eigenvalue weighted by Gasteiger charge is 2.56. The van der Waals surface area contributed by atoms with Crippen molar-refractivity contribution in [1.82, 2.24) is 9.80 Å². The van der Waals surface area contributed by atoms with Crippen LogP contribution in [0.5, 0.6) is 0 Å². The van der Waals surface area contributed by atoms with Gasteiger partial charge in [0.25, 0.3) is 0 Å². The third kappa shape index (κ3) is 8.05. The zero-order valence-electron chi connectivity index (χ0n) is 38.8. The van der Waals surface area contributed by atoms with Gasteiger partial charge in [-0.3, -0.25) is 0 Å². The quantitative estimate of drug-likeness (QED) is 0.236. The van der Waals surface area contributed by atoms with Crippen LogP contribution in [0.15, 0.2) is 47.3 Å². The zero-order chi connectivity index (χ0) is 40.3. The van der Waals surface area contributed by atoms with Crippen LogP contribution in [0, 0.1) is 65.1 Å². The van der Waals surface area contributed by atoms with Gasteiger partial charge in [-0.15, -0.1) is 0 Å². The molecule has 12 aliphatic rings. The predicted octanol–water partition coefficient (Wildman–Crippen LogP) is 15.6. The Balaban J connectivity index is 0.707. The number of allylic oxidation sites excluding steroid dienone is 8. The molecule has 2 aliphatic heterocycles. The first-order chi connectivity index (χ1) is 30.2. The smallest absolute Gasteiger partial charge is 0.0355 e. The van der Waals surface area contributed by atoms with Crippen molar-refractivity contribution >= 4 is 11.8 Å². The molecule has 9 fully saturated rings. The Hall–Kier alpha value is -1.09. The first-order valence-corrected chi connectivity index (χ1v) is 29.1. The summed E-state index contributed by atoms with van der Waals surface area (Å²) in [5, 5.41) is 1.92. The van der Waals surface area contributed by atoms with Crippen molar-refractivity contribution in [2.24, 2.45) is 65.1 Å². The van der Waals surface area contributed by atoms with Gasteiger partial charge in [-0.1, -0.05) is 81.2 Å². The molecule has 5 unspecified atom stereocenters. The lowest BCUT2D eigenvalue weighted by molar-refractivity contribution is -0.00647. The van der Waals surface area contributed by atoms with E-state index in [0.29, 0.717) is 0 Å². The Morgan fingerprint density at radius 2 is 1.18 bits per heavy atom. The molecule has 336 valence electrons. The van der Waals surface area contributed by atoms with Gasteiger partial charge >= 0.3 is 0 Å². The normalized spacial score (nSPS) is 45.7. The molecule has 0 aromatic rings. The minimum atomic E-state index is 0.800. The molecule has 2 heterocycles. The number of rotatable bonds is 7. The summed E-state index contributed by atoms with van der Waals surface area (Å²) in [5.74, 6) is 11.0. The fraction of sp³-hybridized carbons (Fsp3) is 0.862. The molecule has 2 saturated heterocycles. The van der Waals surface area contributed by atoms with E-state index in [0.717, 1.165) is 99.8 Å². The first kappa shape index (κ1) is 41.3. The van der Waals surface area contributed by atoms with E-state index in [1.54, 1.807) is 75.5 Å². The third-order valence-corrected chi connectivity index (χ3v) is 23.6. The number of likely N-dealkylation sites (tertiary alicyclic amines) is 1. The molecule has 12 rings (SSSR count). The van der Waals surface area contributed by atoms with Crippen molar-refractivity contribution in [3.8, 4) is 0 Å². The minimum Gasteiger partial charge on any atom is -0.369 e. The zero-order valence-corrected chi connectivity index (χ0v) is 39.7. The van der Waals surface area contributed by atoms with Crippen LogP contribution >= 0.6 is 11.8 Å². The topological polar surface area (TPSA) is 6.48 Å². The monoisotopic (exact) mass is 845 g/mol. The molecular formula is C58H88N2S. The predicted molar refractivity (Wildman–Crippen MR) is 258 cm³/mol. The summed E-state index contributed by atoms with van der Waals surface area (Å²) in [6, 6.07) is 3.40. The molecule has 10 aliphatic carbocycles. The number of fused-ring (bicyclic) bond motifs is 8. The van der Waals surface area contributed by atoms with Gasteiger partial charge < -0.3 is 9.80 Å². The van der Waals surface area contributed by atoms with Crippen molar-refractivity contribution in [2.75, 3.05) is 0 Å². The molecule has 0 bridgehead atoms. The summed E-state index contributed by atoms with van der Waals surface area (Å²) in [6.45, 7) is 0. The van der Waals surface area contributed by atoms with E-state index in [9.17, 15) is 0 Å². The van der Waals surface area contributed by atoms with Crippen LogP contribution in [0.3, 0.4) is 0 Å². The van der Waals surface area contributed by atoms with E-state index in [2.05, 4.69) is 51.9 Å². The summed E-state index contributed by atoms with van der Waals surface area (Å²) in [6.07, 6.45) is 62.2. The Bertz CT molecular complexity index is 1640. The van der Waals surface area contributed by atoms with Crippen molar-refractivity contribution in [3.05, 3.63) is 47.3 Å². The van der Waals surface area contributed by atoms with Gasteiger partial charge in [0.15, 0.2) is 0 Å². The second-order valence-corrected chi connectivity index (χ2v) is 25.9. The van der Waals surface area contributed by atoms with Crippen LogP contribution in [-0.4, -0.2) is 44.5 Å². The van der Waals surface area contributed by atoms with E-state index in [1.165, 1.54) is 148 Å². The number of hydrogen-bond donors (Lipinski definition) is 0. The summed E-state index contributed by atoms with van der Waals surface area (Å²) >= 11 is 2.58. The maximum Gasteiger partial charge on any atom is 0.0355 e. The molecule has 2 nitrogen and oxygen atoms in total. The van der Waals surface area contributed by atoms with Gasteiger partial charge in [0.05, 0.1) is 0 Å². The molecule has 3 heteroatoms. The van der Waals surface area contributed by atoms with Crippen molar-refractivity contribution in [2.45, 2.75) is 247 Å². The first-order valence-electron chi connectivity index (χ1n) is 28.2. The largest absolute Gasteiger partial charge is 0.369 e. The SMILES string of the molecule is C1=CC[C@H](C2=CC=C(N(C3CCC(C4CCCCC4)CC3)[C@@H]3CCC4C(C3)SC3CC([C@H]5CC[C@H]6C7[C@H](CC[C@H]6C5)[C@@H]5CCCC=C5N7C5CCCCC5)CC[C@H]34)CC2)CC1. The Morgan fingerprint density at radius 3 is 1.97 bits per heavy atom. The lowest BCUT2D eigenvalue weighted by Gasteiger charge is -2.52. The highest BCUT2D eigenvalue weighted by Crippen LogP contribution is 2.61. The van der Waals surface area contributed by atoms with Crippen molar-refractivity contribution in [3.63, 3.8) is 0 Å². The molecule has 0 N–H and O–H groups in total. The fourth-order valence-corrected chi connectivity index (χ4v) is 21.2. The summed E-state index contributed by atoms with van der Waals surface area (Å²) in [7, 11) is 0. The van der Waals surface area contributed by atoms with Crippen molar-refractivity contribution in [1.29, 1.82) is 0 Å². The van der Waals surface area contributed by atoms with Gasteiger partial charge in [-0.25, -0.2) is 0 Å². The van der Waals surface area contributed by atoms with E-state index < -0.39 is 0 Å². The van der Waals surface area contributed by atoms with Crippen LogP contribution in [0.4, 0.5) is 0 Å². The molecule has 0 radical (unpaired) electrons. The third-order valence-electron chi connectivity index (χ3n) is 21.8. The van der Waals surface area contributed by atoms with Gasteiger partial charge in [0.2, 0.25) is 0 Å². The van der Waals surface area contributed by atoms with E-state index in [-0.39, 0.29) is 0 Å². The molecule has 0 aromatic carbocycles. The maximum absolute atomic E-state index is 3.21. The number of nitrogens with zero attached hydrogens (tertiary/aromatic N) is 2. The molecule has 61 heavy (non-hydrogen) atoms. The molecule has 0 amide bonds. The van der Waals surface area contributed by atoms with Crippen LogP contribution in [0.25, 0.3) is 0 Å². The van der Waals surface area contributed by atoms with Crippen molar-refractivity contribution < 1.29 is 0 Å². The Morgan fingerprint density at radius 1 is 0.492 bits per heavy atom. The van der Waals surface area contributed by atoms with Crippen LogP contribution in [0.2, 0.25) is 0 Å². The molecule has 13 atom stereocenters. The Labute approximate surface area is 378 Å². The summed E-state index contributed by atoms with van der Waals surface area (Å²) in [4.78, 5) is 6.39. The van der Waals surface area contributed by atoms with E-state index in [1.807, 2.05) is 5.70 Å². The summed E-state index contributed by atoms with van der Waals surface area (Å²) < 4.78 is 0. The lowest BCUT2D eigenvalue weighted by Crippen LogP contribution is -2.51. The second-order valence-electron chi connectivity index (χ2n) is 24.4. The van der Waals surface area contributed by atoms with E-state index in [4.69, 9.17) is 0 Å². The standard InChI is InChI=1S/C58H88N2S/c1-4-12-39(13-5-1)41-20-27-47(28-21-41)59(48-29-22-42(23-30-48)40-14-6-2-7-15-40)49-31-35-53-52-33-25-44(37-56(52)61-57(53)38-49)43-24-32-50-45(36-43)26-34-54-51-18-10-11-19-55(51)60(58(50)54)46-16-8-3-9-17-46/h1,4,19-20,27,39-40,42-46,48-54,56-58H,2-3,5-18,21-26,28-38H2/t39-,42?,43-,44?,45-,48?,49+,50+,51-,52-,53?,54+,56?,57?,58?/m0/s1. The van der Waals surface area contributed by atoms with Gasteiger partial charge in [-0.2, -0.15) is 11.8 Å². The Kier molecular flexibility index (Phi) is 12.4. The maximum atomic E-state index is 3.21. The molecule has 0 aromatic heterocycles. The lowest BCUT2D eigenvalue weighted by atomic mass is 9.58.